The van der Waals surface area contributed by atoms with E-state index in [4.69, 9.17) is 9.47 Å². The van der Waals surface area contributed by atoms with Crippen LogP contribution in [0.2, 0.25) is 0 Å². The number of nitrogens with zero attached hydrogens (tertiary/aromatic N) is 3. The monoisotopic (exact) mass is 306 g/mol. The minimum atomic E-state index is 0.159. The highest BCUT2D eigenvalue weighted by Gasteiger charge is 2.32. The van der Waals surface area contributed by atoms with E-state index >= 15 is 0 Å². The Kier molecular flexibility index (Phi) is 5.00. The summed E-state index contributed by atoms with van der Waals surface area (Å²) >= 11 is 0. The van der Waals surface area contributed by atoms with Gasteiger partial charge in [-0.1, -0.05) is 0 Å². The van der Waals surface area contributed by atoms with E-state index in [2.05, 4.69) is 38.2 Å². The Morgan fingerprint density at radius 2 is 2.23 bits per heavy atom. The van der Waals surface area contributed by atoms with E-state index in [1.807, 2.05) is 14.1 Å². The van der Waals surface area contributed by atoms with Gasteiger partial charge < -0.3 is 24.3 Å². The molecule has 0 saturated carbocycles. The summed E-state index contributed by atoms with van der Waals surface area (Å²) in [4.78, 5) is 6.70. The van der Waals surface area contributed by atoms with Crippen molar-refractivity contribution in [3.05, 3.63) is 24.0 Å². The molecule has 2 fully saturated rings. The maximum absolute atomic E-state index is 5.90. The van der Waals surface area contributed by atoms with Gasteiger partial charge in [-0.15, -0.1) is 0 Å². The zero-order valence-electron chi connectivity index (χ0n) is 13.5. The number of morpholine rings is 1. The smallest absolute Gasteiger partial charge is 0.194 e. The molecule has 2 saturated heterocycles. The standard InChI is InChI=1S/C16H26N4O2/c1-17-16(18-10-13-5-6-19(2)11-13)20-7-9-22-15(12-20)14-4-3-8-21-14/h5-6,11,14-15H,3-4,7-10,12H2,1-2H3,(H,17,18). The summed E-state index contributed by atoms with van der Waals surface area (Å²) in [5.41, 5.74) is 1.26. The Morgan fingerprint density at radius 3 is 2.91 bits per heavy atom. The first-order valence-electron chi connectivity index (χ1n) is 8.06. The number of rotatable bonds is 3. The Balaban J connectivity index is 1.55. The second-order valence-corrected chi connectivity index (χ2v) is 5.99. The Hall–Kier alpha value is -1.53. The molecule has 1 aromatic rings. The van der Waals surface area contributed by atoms with Gasteiger partial charge in [0.2, 0.25) is 0 Å². The van der Waals surface area contributed by atoms with Crippen molar-refractivity contribution < 1.29 is 9.47 Å². The van der Waals surface area contributed by atoms with Crippen molar-refractivity contribution in [3.8, 4) is 0 Å². The highest BCUT2D eigenvalue weighted by molar-refractivity contribution is 5.80. The first-order valence-corrected chi connectivity index (χ1v) is 8.06. The van der Waals surface area contributed by atoms with Crippen molar-refractivity contribution >= 4 is 5.96 Å². The molecule has 0 amide bonds. The lowest BCUT2D eigenvalue weighted by molar-refractivity contribution is -0.0817. The van der Waals surface area contributed by atoms with Crippen LogP contribution in [0.4, 0.5) is 0 Å². The van der Waals surface area contributed by atoms with Crippen LogP contribution < -0.4 is 5.32 Å². The van der Waals surface area contributed by atoms with E-state index in [0.29, 0.717) is 0 Å². The molecule has 1 N–H and O–H groups in total. The predicted octanol–water partition coefficient (Wildman–Crippen LogP) is 0.980. The summed E-state index contributed by atoms with van der Waals surface area (Å²) in [7, 11) is 3.87. The summed E-state index contributed by atoms with van der Waals surface area (Å²) in [6.07, 6.45) is 6.83. The van der Waals surface area contributed by atoms with E-state index in [1.54, 1.807) is 0 Å². The van der Waals surface area contributed by atoms with Gasteiger partial charge in [0.1, 0.15) is 6.10 Å². The normalized spacial score (nSPS) is 26.5. The molecule has 6 heteroatoms. The van der Waals surface area contributed by atoms with Crippen LogP contribution in [0.3, 0.4) is 0 Å². The summed E-state index contributed by atoms with van der Waals surface area (Å²) in [6.45, 7) is 4.11. The SMILES string of the molecule is CN=C(NCc1ccn(C)c1)N1CCOC(C2CCCO2)C1. The Labute approximate surface area is 132 Å². The third-order valence-corrected chi connectivity index (χ3v) is 4.33. The highest BCUT2D eigenvalue weighted by Crippen LogP contribution is 2.21. The Morgan fingerprint density at radius 1 is 1.36 bits per heavy atom. The van der Waals surface area contributed by atoms with E-state index < -0.39 is 0 Å². The van der Waals surface area contributed by atoms with Crippen LogP contribution in [0.25, 0.3) is 0 Å². The van der Waals surface area contributed by atoms with Crippen molar-refractivity contribution in [2.24, 2.45) is 12.0 Å². The highest BCUT2D eigenvalue weighted by atomic mass is 16.5. The number of ether oxygens (including phenoxy) is 2. The average Bonchev–Trinajstić information content (AvgIpc) is 3.20. The Bertz CT molecular complexity index is 508. The molecule has 22 heavy (non-hydrogen) atoms. The summed E-state index contributed by atoms with van der Waals surface area (Å²) in [6, 6.07) is 2.12. The molecular formula is C16H26N4O2. The van der Waals surface area contributed by atoms with Crippen molar-refractivity contribution in [2.45, 2.75) is 31.6 Å². The molecule has 1 aromatic heterocycles. The molecule has 2 unspecified atom stereocenters. The van der Waals surface area contributed by atoms with Crippen molar-refractivity contribution in [3.63, 3.8) is 0 Å². The van der Waals surface area contributed by atoms with E-state index in [1.165, 1.54) is 5.56 Å². The quantitative estimate of drug-likeness (QED) is 0.668. The molecule has 2 aliphatic rings. The number of aliphatic imine (C=N–C) groups is 1. The van der Waals surface area contributed by atoms with Crippen LogP contribution in [0, 0.1) is 0 Å². The number of nitrogens with one attached hydrogen (secondary N) is 1. The lowest BCUT2D eigenvalue weighted by atomic mass is 10.1. The van der Waals surface area contributed by atoms with Crippen molar-refractivity contribution in [2.75, 3.05) is 33.4 Å². The molecule has 6 nitrogen and oxygen atoms in total. The molecule has 0 spiro atoms. The number of hydrogen-bond acceptors (Lipinski definition) is 3. The van der Waals surface area contributed by atoms with Gasteiger partial charge in [-0.3, -0.25) is 4.99 Å². The fourth-order valence-electron chi connectivity index (χ4n) is 3.17. The van der Waals surface area contributed by atoms with Gasteiger partial charge in [-0.2, -0.15) is 0 Å². The maximum Gasteiger partial charge on any atom is 0.194 e. The third-order valence-electron chi connectivity index (χ3n) is 4.33. The fraction of sp³-hybridized carbons (Fsp3) is 0.688. The molecule has 0 aromatic carbocycles. The van der Waals surface area contributed by atoms with Gasteiger partial charge >= 0.3 is 0 Å². The number of aryl methyl sites for hydroxylation is 1. The summed E-state index contributed by atoms with van der Waals surface area (Å²) < 4.78 is 13.7. The largest absolute Gasteiger partial charge is 0.375 e. The second kappa shape index (κ2) is 7.15. The van der Waals surface area contributed by atoms with Crippen molar-refractivity contribution in [1.29, 1.82) is 0 Å². The number of hydrogen-bond donors (Lipinski definition) is 1. The molecule has 2 atom stereocenters. The van der Waals surface area contributed by atoms with Crippen LogP contribution >= 0.6 is 0 Å². The molecule has 0 radical (unpaired) electrons. The third kappa shape index (κ3) is 3.62. The predicted molar refractivity (Wildman–Crippen MR) is 85.9 cm³/mol. The molecule has 3 rings (SSSR count). The lowest BCUT2D eigenvalue weighted by Crippen LogP contribution is -2.53. The number of guanidine groups is 1. The van der Waals surface area contributed by atoms with Crippen molar-refractivity contribution in [1.82, 2.24) is 14.8 Å². The van der Waals surface area contributed by atoms with Gasteiger partial charge in [0, 0.05) is 52.7 Å². The van der Waals surface area contributed by atoms with Crippen LogP contribution in [-0.4, -0.2) is 61.0 Å². The van der Waals surface area contributed by atoms with Crippen LogP contribution in [0.15, 0.2) is 23.5 Å². The summed E-state index contributed by atoms with van der Waals surface area (Å²) in [5.74, 6) is 0.940. The van der Waals surface area contributed by atoms with Gasteiger partial charge in [-0.05, 0) is 24.5 Å². The van der Waals surface area contributed by atoms with Gasteiger partial charge in [-0.25, -0.2) is 0 Å². The minimum Gasteiger partial charge on any atom is -0.375 e. The average molecular weight is 306 g/mol. The van der Waals surface area contributed by atoms with Crippen LogP contribution in [0.5, 0.6) is 0 Å². The fourth-order valence-corrected chi connectivity index (χ4v) is 3.17. The zero-order valence-corrected chi connectivity index (χ0v) is 13.5. The van der Waals surface area contributed by atoms with Crippen LogP contribution in [0.1, 0.15) is 18.4 Å². The van der Waals surface area contributed by atoms with Gasteiger partial charge in [0.25, 0.3) is 0 Å². The maximum atomic E-state index is 5.90. The minimum absolute atomic E-state index is 0.159. The number of aromatic nitrogens is 1. The van der Waals surface area contributed by atoms with E-state index in [0.717, 1.165) is 51.6 Å². The zero-order chi connectivity index (χ0) is 15.4. The van der Waals surface area contributed by atoms with Gasteiger partial charge in [0.05, 0.1) is 12.7 Å². The van der Waals surface area contributed by atoms with Gasteiger partial charge in [0.15, 0.2) is 5.96 Å². The second-order valence-electron chi connectivity index (χ2n) is 5.99. The lowest BCUT2D eigenvalue weighted by Gasteiger charge is -2.37. The summed E-state index contributed by atoms with van der Waals surface area (Å²) in [5, 5.41) is 3.45. The first kappa shape index (κ1) is 15.4. The molecule has 2 aliphatic heterocycles. The molecule has 3 heterocycles. The molecule has 0 aliphatic carbocycles. The topological polar surface area (TPSA) is 51.0 Å². The molecule has 122 valence electrons. The first-order chi connectivity index (χ1) is 10.8. The molecule has 0 bridgehead atoms. The van der Waals surface area contributed by atoms with E-state index in [9.17, 15) is 0 Å². The molecular weight excluding hydrogens is 280 g/mol. The van der Waals surface area contributed by atoms with E-state index in [-0.39, 0.29) is 12.2 Å². The van der Waals surface area contributed by atoms with Crippen LogP contribution in [-0.2, 0) is 23.1 Å².